The molecule has 2 aromatic carbocycles. The van der Waals surface area contributed by atoms with Gasteiger partial charge in [-0.05, 0) is 37.6 Å². The second-order valence-corrected chi connectivity index (χ2v) is 8.59. The number of benzene rings is 2. The van der Waals surface area contributed by atoms with Gasteiger partial charge in [0.25, 0.3) is 0 Å². The molecule has 0 atom stereocenters. The summed E-state index contributed by atoms with van der Waals surface area (Å²) in [5.74, 6) is -0.0309. The fourth-order valence-corrected chi connectivity index (χ4v) is 4.42. The first-order valence-electron chi connectivity index (χ1n) is 10.4. The van der Waals surface area contributed by atoms with E-state index in [2.05, 4.69) is 45.2 Å². The van der Waals surface area contributed by atoms with E-state index < -0.39 is 0 Å². The fraction of sp³-hybridized carbons (Fsp3) is 0.292. The SMILES string of the molecule is Cc1ccc(-c2csc(NC(=O)CN3CCCN(c4ccc(C#N)cc4)CC3)n2)cc1. The molecule has 31 heavy (non-hydrogen) atoms. The van der Waals surface area contributed by atoms with E-state index in [-0.39, 0.29) is 5.91 Å². The van der Waals surface area contributed by atoms with E-state index in [1.54, 1.807) is 0 Å². The van der Waals surface area contributed by atoms with Crippen molar-refractivity contribution in [1.82, 2.24) is 9.88 Å². The number of aromatic nitrogens is 1. The second kappa shape index (κ2) is 9.73. The molecular formula is C24H25N5OS. The summed E-state index contributed by atoms with van der Waals surface area (Å²) in [7, 11) is 0. The van der Waals surface area contributed by atoms with Gasteiger partial charge in [0.15, 0.2) is 5.13 Å². The number of thiazole rings is 1. The fourth-order valence-electron chi connectivity index (χ4n) is 3.68. The number of nitriles is 1. The van der Waals surface area contributed by atoms with E-state index in [0.717, 1.165) is 49.5 Å². The molecule has 1 fully saturated rings. The van der Waals surface area contributed by atoms with Gasteiger partial charge in [-0.2, -0.15) is 5.26 Å². The van der Waals surface area contributed by atoms with Gasteiger partial charge >= 0.3 is 0 Å². The number of carbonyl (C=O) groups excluding carboxylic acids is 1. The summed E-state index contributed by atoms with van der Waals surface area (Å²) >= 11 is 1.45. The Bertz CT molecular complexity index is 1070. The molecule has 0 spiro atoms. The number of anilines is 2. The summed E-state index contributed by atoms with van der Waals surface area (Å²) in [6.45, 7) is 5.92. The molecule has 6 nitrogen and oxygen atoms in total. The Morgan fingerprint density at radius 2 is 1.87 bits per heavy atom. The van der Waals surface area contributed by atoms with Crippen LogP contribution in [0.15, 0.2) is 53.9 Å². The maximum atomic E-state index is 12.6. The number of carbonyl (C=O) groups is 1. The molecule has 0 unspecified atom stereocenters. The topological polar surface area (TPSA) is 72.3 Å². The summed E-state index contributed by atoms with van der Waals surface area (Å²) in [5, 5.41) is 14.5. The zero-order valence-electron chi connectivity index (χ0n) is 17.5. The first-order chi connectivity index (χ1) is 15.1. The average Bonchev–Trinajstić information content (AvgIpc) is 3.12. The standard InChI is InChI=1S/C24H25N5OS/c1-18-3-7-20(8-4-18)22-17-31-24(26-22)27-23(30)16-28-11-2-12-29(14-13-28)21-9-5-19(15-25)6-10-21/h3-10,17H,2,11-14,16H2,1H3,(H,26,27,30). The number of aryl methyl sites for hydroxylation is 1. The van der Waals surface area contributed by atoms with E-state index >= 15 is 0 Å². The highest BCUT2D eigenvalue weighted by Gasteiger charge is 2.18. The molecule has 1 amide bonds. The molecule has 0 bridgehead atoms. The van der Waals surface area contributed by atoms with Gasteiger partial charge in [0.1, 0.15) is 0 Å². The van der Waals surface area contributed by atoms with Crippen LogP contribution in [0.25, 0.3) is 11.3 Å². The van der Waals surface area contributed by atoms with Crippen LogP contribution in [0.4, 0.5) is 10.8 Å². The smallest absolute Gasteiger partial charge is 0.240 e. The Morgan fingerprint density at radius 3 is 2.61 bits per heavy atom. The van der Waals surface area contributed by atoms with Crippen molar-refractivity contribution >= 4 is 28.1 Å². The van der Waals surface area contributed by atoms with Gasteiger partial charge in [-0.1, -0.05) is 29.8 Å². The van der Waals surface area contributed by atoms with Crippen molar-refractivity contribution in [2.45, 2.75) is 13.3 Å². The predicted molar refractivity (Wildman–Crippen MR) is 125 cm³/mol. The zero-order valence-corrected chi connectivity index (χ0v) is 18.4. The summed E-state index contributed by atoms with van der Waals surface area (Å²) in [5.41, 5.74) is 4.94. The normalized spacial score (nSPS) is 14.6. The molecule has 2 heterocycles. The minimum atomic E-state index is -0.0309. The second-order valence-electron chi connectivity index (χ2n) is 7.73. The number of hydrogen-bond acceptors (Lipinski definition) is 6. The van der Waals surface area contributed by atoms with Crippen LogP contribution in [-0.2, 0) is 4.79 Å². The van der Waals surface area contributed by atoms with Gasteiger partial charge < -0.3 is 10.2 Å². The largest absolute Gasteiger partial charge is 0.370 e. The van der Waals surface area contributed by atoms with E-state index in [4.69, 9.17) is 5.26 Å². The summed E-state index contributed by atoms with van der Waals surface area (Å²) in [4.78, 5) is 21.6. The molecule has 1 saturated heterocycles. The van der Waals surface area contributed by atoms with Crippen LogP contribution < -0.4 is 10.2 Å². The Labute approximate surface area is 186 Å². The van der Waals surface area contributed by atoms with Crippen LogP contribution in [0, 0.1) is 18.3 Å². The molecule has 7 heteroatoms. The van der Waals surface area contributed by atoms with E-state index in [9.17, 15) is 4.79 Å². The molecule has 158 valence electrons. The van der Waals surface area contributed by atoms with Crippen LogP contribution in [0.3, 0.4) is 0 Å². The Balaban J connectivity index is 1.30. The number of amides is 1. The number of nitrogens with zero attached hydrogens (tertiary/aromatic N) is 4. The van der Waals surface area contributed by atoms with Crippen LogP contribution in [0.2, 0.25) is 0 Å². The molecule has 0 radical (unpaired) electrons. The van der Waals surface area contributed by atoms with Crippen molar-refractivity contribution in [1.29, 1.82) is 5.26 Å². The van der Waals surface area contributed by atoms with Gasteiger partial charge in [0, 0.05) is 42.8 Å². The van der Waals surface area contributed by atoms with Crippen LogP contribution in [0.1, 0.15) is 17.5 Å². The number of hydrogen-bond donors (Lipinski definition) is 1. The first-order valence-corrected chi connectivity index (χ1v) is 11.3. The van der Waals surface area contributed by atoms with Crippen LogP contribution in [0.5, 0.6) is 0 Å². The summed E-state index contributed by atoms with van der Waals surface area (Å²) < 4.78 is 0. The van der Waals surface area contributed by atoms with Gasteiger partial charge in [-0.3, -0.25) is 9.69 Å². The molecule has 1 N–H and O–H groups in total. The van der Waals surface area contributed by atoms with Crippen molar-refractivity contribution in [3.8, 4) is 17.3 Å². The zero-order chi connectivity index (χ0) is 21.6. The quantitative estimate of drug-likeness (QED) is 0.657. The van der Waals surface area contributed by atoms with Gasteiger partial charge in [-0.15, -0.1) is 11.3 Å². The first kappa shape index (κ1) is 21.0. The lowest BCUT2D eigenvalue weighted by Gasteiger charge is -2.23. The third kappa shape index (κ3) is 5.48. The Hall–Kier alpha value is -3.21. The molecule has 3 aromatic rings. The number of rotatable bonds is 5. The lowest BCUT2D eigenvalue weighted by atomic mass is 10.1. The third-order valence-corrected chi connectivity index (χ3v) is 6.17. The van der Waals surface area contributed by atoms with E-state index in [0.29, 0.717) is 17.2 Å². The van der Waals surface area contributed by atoms with E-state index in [1.165, 1.54) is 16.9 Å². The summed E-state index contributed by atoms with van der Waals surface area (Å²) in [6.07, 6.45) is 0.988. The van der Waals surface area contributed by atoms with Crippen LogP contribution in [-0.4, -0.2) is 48.5 Å². The monoisotopic (exact) mass is 431 g/mol. The van der Waals surface area contributed by atoms with Crippen molar-refractivity contribution < 1.29 is 4.79 Å². The van der Waals surface area contributed by atoms with Crippen molar-refractivity contribution in [3.05, 3.63) is 65.0 Å². The van der Waals surface area contributed by atoms with Crippen LogP contribution >= 0.6 is 11.3 Å². The summed E-state index contributed by atoms with van der Waals surface area (Å²) in [6, 6.07) is 18.1. The third-order valence-electron chi connectivity index (χ3n) is 5.42. The highest BCUT2D eigenvalue weighted by atomic mass is 32.1. The van der Waals surface area contributed by atoms with Gasteiger partial charge in [0.05, 0.1) is 23.9 Å². The molecule has 1 aliphatic heterocycles. The Morgan fingerprint density at radius 1 is 1.10 bits per heavy atom. The maximum absolute atomic E-state index is 12.6. The lowest BCUT2D eigenvalue weighted by Crippen LogP contribution is -2.36. The minimum absolute atomic E-state index is 0.0309. The maximum Gasteiger partial charge on any atom is 0.240 e. The highest BCUT2D eigenvalue weighted by molar-refractivity contribution is 7.14. The molecule has 4 rings (SSSR count). The minimum Gasteiger partial charge on any atom is -0.370 e. The molecule has 0 aliphatic carbocycles. The molecule has 0 saturated carbocycles. The molecule has 1 aliphatic rings. The number of nitrogens with one attached hydrogen (secondary N) is 1. The van der Waals surface area contributed by atoms with E-state index in [1.807, 2.05) is 41.8 Å². The highest BCUT2D eigenvalue weighted by Crippen LogP contribution is 2.25. The Kier molecular flexibility index (Phi) is 6.60. The van der Waals surface area contributed by atoms with Gasteiger partial charge in [-0.25, -0.2) is 4.98 Å². The molecular weight excluding hydrogens is 406 g/mol. The van der Waals surface area contributed by atoms with Crippen molar-refractivity contribution in [3.63, 3.8) is 0 Å². The van der Waals surface area contributed by atoms with Gasteiger partial charge in [0.2, 0.25) is 5.91 Å². The predicted octanol–water partition coefficient (Wildman–Crippen LogP) is 4.14. The van der Waals surface area contributed by atoms with Crippen molar-refractivity contribution in [2.75, 3.05) is 42.9 Å². The van der Waals surface area contributed by atoms with Crippen molar-refractivity contribution in [2.24, 2.45) is 0 Å². The molecule has 1 aromatic heterocycles. The lowest BCUT2D eigenvalue weighted by molar-refractivity contribution is -0.117. The average molecular weight is 432 g/mol.